The largest absolute Gasteiger partial charge is 0.508 e. The lowest BCUT2D eigenvalue weighted by Crippen LogP contribution is -2.23. The smallest absolute Gasteiger partial charge is 0.171 e. The van der Waals surface area contributed by atoms with E-state index in [-0.39, 0.29) is 23.7 Å². The quantitative estimate of drug-likeness (QED) is 0.792. The van der Waals surface area contributed by atoms with Gasteiger partial charge in [-0.25, -0.2) is 0 Å². The van der Waals surface area contributed by atoms with Gasteiger partial charge in [-0.3, -0.25) is 4.79 Å². The average molecular weight is 278 g/mol. The van der Waals surface area contributed by atoms with Gasteiger partial charge in [0.15, 0.2) is 5.78 Å². The van der Waals surface area contributed by atoms with Crippen LogP contribution in [-0.4, -0.2) is 10.9 Å². The number of aliphatic hydroxyl groups excluding tert-OH is 1. The van der Waals surface area contributed by atoms with Crippen molar-refractivity contribution in [1.82, 2.24) is 0 Å². The molecule has 21 heavy (non-hydrogen) atoms. The lowest BCUT2D eigenvalue weighted by molar-refractivity contribution is 0.0992. The first-order valence-electron chi connectivity index (χ1n) is 6.64. The third-order valence-electron chi connectivity index (χ3n) is 3.30. The van der Waals surface area contributed by atoms with Crippen LogP contribution in [0.5, 0.6) is 5.75 Å². The van der Waals surface area contributed by atoms with Crippen LogP contribution in [0.3, 0.4) is 0 Å². The molecule has 0 amide bonds. The second kappa shape index (κ2) is 5.29. The summed E-state index contributed by atoms with van der Waals surface area (Å²) in [7, 11) is 0. The molecule has 1 aromatic rings. The van der Waals surface area contributed by atoms with Crippen molar-refractivity contribution in [3.8, 4) is 5.75 Å². The fourth-order valence-corrected chi connectivity index (χ4v) is 2.36. The van der Waals surface area contributed by atoms with Crippen molar-refractivity contribution in [3.63, 3.8) is 0 Å². The molecule has 3 heteroatoms. The summed E-state index contributed by atoms with van der Waals surface area (Å²) in [4.78, 5) is 12.5. The molecule has 1 aromatic carbocycles. The van der Waals surface area contributed by atoms with E-state index in [9.17, 15) is 9.90 Å². The molecule has 0 saturated heterocycles. The van der Waals surface area contributed by atoms with E-state index in [1.54, 1.807) is 6.08 Å². The third-order valence-corrected chi connectivity index (χ3v) is 3.30. The molecule has 0 spiro atoms. The molecule has 2 aliphatic rings. The second-order valence-electron chi connectivity index (χ2n) is 4.83. The van der Waals surface area contributed by atoms with Crippen LogP contribution in [0.2, 0.25) is 0 Å². The highest BCUT2D eigenvalue weighted by Gasteiger charge is 2.17. The molecule has 0 radical (unpaired) electrons. The Labute approximate surface area is 122 Å². The van der Waals surface area contributed by atoms with E-state index in [1.807, 2.05) is 36.4 Å². The molecule has 3 nitrogen and oxygen atoms in total. The van der Waals surface area contributed by atoms with E-state index >= 15 is 0 Å². The predicted molar refractivity (Wildman–Crippen MR) is 82.3 cm³/mol. The van der Waals surface area contributed by atoms with Crippen molar-refractivity contribution in [2.75, 3.05) is 0 Å². The summed E-state index contributed by atoms with van der Waals surface area (Å²) < 4.78 is 5.74. The number of benzene rings is 1. The number of carbonyl (C=O) groups excluding carboxylic acids is 1. The Bertz CT molecular complexity index is 836. The lowest BCUT2D eigenvalue weighted by Gasteiger charge is -2.14. The van der Waals surface area contributed by atoms with Crippen molar-refractivity contribution in [1.29, 1.82) is 0 Å². The van der Waals surface area contributed by atoms with Gasteiger partial charge in [0.1, 0.15) is 17.3 Å². The lowest BCUT2D eigenvalue weighted by atomic mass is 10.00. The molecule has 1 N–H and O–H groups in total. The Hall–Kier alpha value is -2.81. The molecule has 0 unspecified atom stereocenters. The van der Waals surface area contributed by atoms with Gasteiger partial charge in [-0.1, -0.05) is 49.1 Å². The van der Waals surface area contributed by atoms with Crippen molar-refractivity contribution < 1.29 is 14.6 Å². The van der Waals surface area contributed by atoms with Crippen molar-refractivity contribution >= 4 is 17.9 Å². The maximum absolute atomic E-state index is 12.5. The van der Waals surface area contributed by atoms with Gasteiger partial charge in [-0.05, 0) is 11.3 Å². The molecule has 2 bridgehead atoms. The number of ether oxygens (including phenoxy) is 1. The molecule has 3 rings (SSSR count). The summed E-state index contributed by atoms with van der Waals surface area (Å²) in [5, 5.41) is 11.3. The molecular weight excluding hydrogens is 264 g/mol. The Morgan fingerprint density at radius 1 is 1.14 bits per heavy atom. The first-order valence-corrected chi connectivity index (χ1v) is 6.64. The van der Waals surface area contributed by atoms with Crippen LogP contribution < -0.4 is 15.2 Å². The van der Waals surface area contributed by atoms with Crippen molar-refractivity contribution in [2.45, 2.75) is 6.42 Å². The Balaban J connectivity index is 2.30. The molecule has 0 saturated carbocycles. The minimum Gasteiger partial charge on any atom is -0.508 e. The van der Waals surface area contributed by atoms with E-state index < -0.39 is 0 Å². The van der Waals surface area contributed by atoms with Gasteiger partial charge < -0.3 is 9.84 Å². The van der Waals surface area contributed by atoms with Crippen LogP contribution in [0.4, 0.5) is 0 Å². The number of fused-ring (bicyclic) bond motifs is 6. The summed E-state index contributed by atoms with van der Waals surface area (Å²) in [5.41, 5.74) is 0.550. The maximum atomic E-state index is 12.5. The third kappa shape index (κ3) is 2.58. The minimum atomic E-state index is -0.0550. The number of ketones is 1. The Kier molecular flexibility index (Phi) is 3.32. The average Bonchev–Trinajstić information content (AvgIpc) is 2.39. The summed E-state index contributed by atoms with van der Waals surface area (Å²) >= 11 is 0. The van der Waals surface area contributed by atoms with Crippen LogP contribution >= 0.6 is 0 Å². The van der Waals surface area contributed by atoms with Gasteiger partial charge in [-0.2, -0.15) is 0 Å². The number of hydrogen-bond donors (Lipinski definition) is 1. The maximum Gasteiger partial charge on any atom is 0.171 e. The number of carbonyl (C=O) groups is 1. The van der Waals surface area contributed by atoms with Crippen LogP contribution in [0, 0.1) is 0 Å². The Morgan fingerprint density at radius 2 is 1.86 bits per heavy atom. The number of allylic oxidation sites excluding steroid dienone is 5. The summed E-state index contributed by atoms with van der Waals surface area (Å²) in [5.74, 6) is 0.726. The fourth-order valence-electron chi connectivity index (χ4n) is 2.36. The molecular formula is C18H14O3. The zero-order valence-electron chi connectivity index (χ0n) is 11.4. The molecule has 0 fully saturated rings. The minimum absolute atomic E-state index is 0.0106. The summed E-state index contributed by atoms with van der Waals surface area (Å²) in [6, 6.07) is 3.81. The van der Waals surface area contributed by atoms with Crippen molar-refractivity contribution in [2.24, 2.45) is 0 Å². The van der Waals surface area contributed by atoms with Crippen LogP contribution in [0.15, 0.2) is 60.6 Å². The highest BCUT2D eigenvalue weighted by molar-refractivity contribution is 6.00. The van der Waals surface area contributed by atoms with Gasteiger partial charge >= 0.3 is 0 Å². The highest BCUT2D eigenvalue weighted by Crippen LogP contribution is 2.18. The molecule has 1 heterocycles. The van der Waals surface area contributed by atoms with Crippen molar-refractivity contribution in [3.05, 3.63) is 76.6 Å². The topological polar surface area (TPSA) is 46.5 Å². The first kappa shape index (κ1) is 13.2. The van der Waals surface area contributed by atoms with Crippen LogP contribution in [-0.2, 0) is 0 Å². The Morgan fingerprint density at radius 3 is 2.67 bits per heavy atom. The van der Waals surface area contributed by atoms with Gasteiger partial charge in [-0.15, -0.1) is 0 Å². The molecule has 0 aromatic heterocycles. The summed E-state index contributed by atoms with van der Waals surface area (Å²) in [6.45, 7) is 3.77. The predicted octanol–water partition coefficient (Wildman–Crippen LogP) is 2.29. The fraction of sp³-hybridized carbons (Fsp3) is 0.0556. The number of aliphatic hydroxyl groups is 1. The number of hydrogen-bond acceptors (Lipinski definition) is 3. The zero-order valence-corrected chi connectivity index (χ0v) is 11.4. The number of rotatable bonds is 0. The van der Waals surface area contributed by atoms with Crippen LogP contribution in [0.25, 0.3) is 12.2 Å². The highest BCUT2D eigenvalue weighted by atomic mass is 16.5. The van der Waals surface area contributed by atoms with Gasteiger partial charge in [0, 0.05) is 17.7 Å². The molecule has 104 valence electrons. The number of Topliss-reactive ketones (excluding diaryl/α,β-unsaturated/α-hetero) is 1. The van der Waals surface area contributed by atoms with Gasteiger partial charge in [0.05, 0.1) is 5.56 Å². The van der Waals surface area contributed by atoms with E-state index in [2.05, 4.69) is 6.58 Å². The molecule has 1 aliphatic heterocycles. The SMILES string of the molecule is C=C1/C=C(O)\C=C/CC(=O)c2c(\c3cc\c2=C/C=C\C=3)O1. The van der Waals surface area contributed by atoms with Gasteiger partial charge in [0.2, 0.25) is 0 Å². The first-order chi connectivity index (χ1) is 10.1. The molecule has 0 atom stereocenters. The summed E-state index contributed by atoms with van der Waals surface area (Å²) in [6.07, 6.45) is 12.3. The van der Waals surface area contributed by atoms with E-state index in [1.165, 1.54) is 12.2 Å². The van der Waals surface area contributed by atoms with E-state index in [0.29, 0.717) is 11.3 Å². The second-order valence-corrected chi connectivity index (χ2v) is 4.83. The standard InChI is InChI=1S/C18H14O3/c1-12-11-15(19)7-4-8-16(20)17-13-5-2-3-6-14(10-9-13)18(17)21-12/h2-7,9-11,19H,1,8H2/b3-2-,5-2?,6-3?,7-4-,13-5+,14-6-,15-11+. The monoisotopic (exact) mass is 278 g/mol. The van der Waals surface area contributed by atoms with E-state index in [4.69, 9.17) is 4.74 Å². The zero-order chi connectivity index (χ0) is 14.8. The van der Waals surface area contributed by atoms with Crippen LogP contribution in [0.1, 0.15) is 16.8 Å². The normalized spacial score (nSPS) is 25.6. The van der Waals surface area contributed by atoms with E-state index in [0.717, 1.165) is 10.4 Å². The molecule has 1 aliphatic carbocycles. The van der Waals surface area contributed by atoms with Gasteiger partial charge in [0.25, 0.3) is 0 Å².